The molecule has 4 heterocycles. The number of nitrogens with one attached hydrogen (secondary N) is 6. The van der Waals surface area contributed by atoms with E-state index in [4.69, 9.17) is 9.97 Å². The fourth-order valence-corrected chi connectivity index (χ4v) is 10.1. The number of likely N-dealkylation sites (tertiary alicyclic amines) is 2. The lowest BCUT2D eigenvalue weighted by Crippen LogP contribution is -2.47. The second-order valence-corrected chi connectivity index (χ2v) is 18.9. The highest BCUT2D eigenvalue weighted by Crippen LogP contribution is 2.40. The quantitative estimate of drug-likeness (QED) is 0.0652. The summed E-state index contributed by atoms with van der Waals surface area (Å²) in [5.41, 5.74) is 6.49. The van der Waals surface area contributed by atoms with Crippen LogP contribution < -0.4 is 21.3 Å². The number of carbonyl (C=O) groups is 6. The zero-order valence-corrected chi connectivity index (χ0v) is 40.3. The largest absolute Gasteiger partial charge is 0.453 e. The molecule has 2 aliphatic heterocycles. The first-order valence-corrected chi connectivity index (χ1v) is 24.9. The predicted molar refractivity (Wildman–Crippen MR) is 266 cm³/mol. The molecule has 2 aliphatic rings. The van der Waals surface area contributed by atoms with Crippen LogP contribution in [0.1, 0.15) is 59.8 Å². The van der Waals surface area contributed by atoms with Crippen molar-refractivity contribution in [1.82, 2.24) is 51.0 Å². The molecule has 0 radical (unpaired) electrons. The first-order valence-electron chi connectivity index (χ1n) is 22.3. The molecular formula is C50H52N10O8S2. The number of alkyl carbamates (subject to hydrolysis) is 2. The van der Waals surface area contributed by atoms with E-state index in [9.17, 15) is 28.8 Å². The molecule has 0 bridgehead atoms. The standard InChI is InChI=1S/C50H52N10O8S2/c1-67-49(65)57-47(63)55-41(33-11-7-5-8-12-33)45(61)59-27-35(69-3)23-39(59)43-51-25-37(53-43)31-19-15-29(16-20-31)30-17-21-32(22-18-30)38-26-52-44(54-38)40-24-36(70-4)28-60(40)46(62)42(34-13-9-6-10-14-34)56-48(64)58-50(66)68-2/h5-22,25-26,35-36,39-42H,23-24,27-28H2,1-4H3,(H,51,53)(H,52,54)(H2,55,57,63,65)(H2,56,58,64,66)/t35-,36-,39-,40-,41-,42-/m0/s1. The van der Waals surface area contributed by atoms with Gasteiger partial charge in [0.2, 0.25) is 0 Å². The minimum atomic E-state index is -1.07. The molecule has 18 nitrogen and oxygen atoms in total. The zero-order valence-electron chi connectivity index (χ0n) is 38.7. The maximum absolute atomic E-state index is 14.3. The summed E-state index contributed by atoms with van der Waals surface area (Å²) in [6, 6.07) is 29.3. The van der Waals surface area contributed by atoms with Gasteiger partial charge in [-0.2, -0.15) is 23.5 Å². The minimum absolute atomic E-state index is 0.130. The van der Waals surface area contributed by atoms with Gasteiger partial charge in [0.15, 0.2) is 0 Å². The van der Waals surface area contributed by atoms with E-state index in [0.29, 0.717) is 48.7 Å². The number of methoxy groups -OCH3 is 2. The molecule has 2 saturated heterocycles. The number of aromatic amines is 2. The molecule has 0 spiro atoms. The van der Waals surface area contributed by atoms with Crippen LogP contribution in [0.3, 0.4) is 0 Å². The summed E-state index contributed by atoms with van der Waals surface area (Å²) >= 11 is 3.32. The average molecular weight is 985 g/mol. The van der Waals surface area contributed by atoms with Gasteiger partial charge >= 0.3 is 24.2 Å². The second-order valence-electron chi connectivity index (χ2n) is 16.6. The molecular weight excluding hydrogens is 933 g/mol. The fourth-order valence-electron chi connectivity index (χ4n) is 8.75. The molecule has 0 aliphatic carbocycles. The van der Waals surface area contributed by atoms with Crippen molar-refractivity contribution in [2.75, 3.05) is 39.8 Å². The Balaban J connectivity index is 0.951. The third-order valence-corrected chi connectivity index (χ3v) is 14.4. The zero-order chi connectivity index (χ0) is 49.3. The number of urea groups is 2. The predicted octanol–water partition coefficient (Wildman–Crippen LogP) is 7.76. The monoisotopic (exact) mass is 984 g/mol. The summed E-state index contributed by atoms with van der Waals surface area (Å²) in [5, 5.41) is 9.73. The van der Waals surface area contributed by atoms with Crippen LogP contribution in [0, 0.1) is 0 Å². The SMILES string of the molecule is COC(=O)NC(=O)N[C@H](C(=O)N1C[C@@H](SC)C[C@H]1c1ncc(-c2ccc(-c3ccc(-c4cnc([C@@H]5C[C@H](SC)CN5C(=O)[C@@H](NC(=O)NC(=O)OC)c5ccccc5)[nH]4)cc3)cc2)[nH]1)c1ccccc1. The Morgan fingerprint density at radius 2 is 0.914 bits per heavy atom. The molecule has 362 valence electrons. The van der Waals surface area contributed by atoms with E-state index < -0.39 is 48.4 Å². The Morgan fingerprint density at radius 3 is 1.26 bits per heavy atom. The number of H-pyrrole nitrogens is 2. The minimum Gasteiger partial charge on any atom is -0.453 e. The molecule has 6 aromatic rings. The van der Waals surface area contributed by atoms with Gasteiger partial charge in [0.25, 0.3) is 11.8 Å². The van der Waals surface area contributed by atoms with Crippen molar-refractivity contribution in [3.05, 3.63) is 144 Å². The number of rotatable bonds is 13. The summed E-state index contributed by atoms with van der Waals surface area (Å²) < 4.78 is 9.13. The van der Waals surface area contributed by atoms with Gasteiger partial charge in [0, 0.05) is 23.6 Å². The number of aromatic nitrogens is 4. The van der Waals surface area contributed by atoms with Gasteiger partial charge in [-0.1, -0.05) is 109 Å². The maximum atomic E-state index is 14.3. The number of imide groups is 2. The van der Waals surface area contributed by atoms with E-state index in [1.807, 2.05) is 73.2 Å². The van der Waals surface area contributed by atoms with Crippen LogP contribution in [0.5, 0.6) is 0 Å². The first-order chi connectivity index (χ1) is 34.0. The van der Waals surface area contributed by atoms with Crippen LogP contribution in [0.2, 0.25) is 0 Å². The third kappa shape index (κ3) is 11.1. The average Bonchev–Trinajstić information content (AvgIpc) is 4.24. The van der Waals surface area contributed by atoms with E-state index >= 15 is 0 Å². The van der Waals surface area contributed by atoms with Gasteiger partial charge in [0.05, 0.1) is 50.1 Å². The maximum Gasteiger partial charge on any atom is 0.415 e. The lowest BCUT2D eigenvalue weighted by molar-refractivity contribution is -0.135. The van der Waals surface area contributed by atoms with Crippen molar-refractivity contribution in [2.24, 2.45) is 0 Å². The topological polar surface area (TPSA) is 233 Å². The van der Waals surface area contributed by atoms with Gasteiger partial charge in [-0.15, -0.1) is 0 Å². The van der Waals surface area contributed by atoms with E-state index in [0.717, 1.165) is 47.9 Å². The molecule has 0 unspecified atom stereocenters. The summed E-state index contributed by atoms with van der Waals surface area (Å²) in [7, 11) is 2.30. The number of hydrogen-bond acceptors (Lipinski definition) is 12. The lowest BCUT2D eigenvalue weighted by atomic mass is 10.0. The van der Waals surface area contributed by atoms with Crippen LogP contribution in [0.25, 0.3) is 33.6 Å². The highest BCUT2D eigenvalue weighted by Gasteiger charge is 2.42. The Labute approximate surface area is 412 Å². The molecule has 20 heteroatoms. The normalized spacial score (nSPS) is 18.3. The van der Waals surface area contributed by atoms with Crippen LogP contribution in [0.15, 0.2) is 122 Å². The third-order valence-electron chi connectivity index (χ3n) is 12.4. The fraction of sp³-hybridized carbons (Fsp3) is 0.280. The Hall–Kier alpha value is -7.58. The Kier molecular flexibility index (Phi) is 15.5. The molecule has 70 heavy (non-hydrogen) atoms. The second kappa shape index (κ2) is 22.2. The molecule has 6 atom stereocenters. The smallest absolute Gasteiger partial charge is 0.415 e. The van der Waals surface area contributed by atoms with Gasteiger partial charge in [-0.05, 0) is 58.7 Å². The van der Waals surface area contributed by atoms with Gasteiger partial charge in [-0.3, -0.25) is 9.59 Å². The van der Waals surface area contributed by atoms with Gasteiger partial charge in [0.1, 0.15) is 23.7 Å². The van der Waals surface area contributed by atoms with Crippen molar-refractivity contribution in [1.29, 1.82) is 0 Å². The number of amides is 8. The van der Waals surface area contributed by atoms with Crippen LogP contribution in [-0.4, -0.2) is 116 Å². The van der Waals surface area contributed by atoms with Crippen molar-refractivity contribution < 1.29 is 38.2 Å². The van der Waals surface area contributed by atoms with E-state index in [1.54, 1.807) is 94.2 Å². The number of ether oxygens (including phenoxy) is 2. The Bertz CT molecular complexity index is 2620. The molecule has 2 aromatic heterocycles. The summed E-state index contributed by atoms with van der Waals surface area (Å²) in [5.74, 6) is 0.580. The van der Waals surface area contributed by atoms with Crippen LogP contribution in [-0.2, 0) is 19.1 Å². The number of hydrogen-bond donors (Lipinski definition) is 6. The van der Waals surface area contributed by atoms with Crippen molar-refractivity contribution >= 4 is 59.6 Å². The number of benzene rings is 4. The van der Waals surface area contributed by atoms with E-state index in [1.165, 1.54) is 0 Å². The number of thioether (sulfide) groups is 2. The molecule has 0 saturated carbocycles. The van der Waals surface area contributed by atoms with Crippen LogP contribution >= 0.6 is 23.5 Å². The van der Waals surface area contributed by atoms with Crippen molar-refractivity contribution in [3.8, 4) is 33.6 Å². The molecule has 4 aromatic carbocycles. The summed E-state index contributed by atoms with van der Waals surface area (Å²) in [4.78, 5) is 97.7. The molecule has 8 rings (SSSR count). The highest BCUT2D eigenvalue weighted by molar-refractivity contribution is 7.99. The van der Waals surface area contributed by atoms with Crippen LogP contribution in [0.4, 0.5) is 19.2 Å². The van der Waals surface area contributed by atoms with Crippen molar-refractivity contribution in [2.45, 2.75) is 47.5 Å². The van der Waals surface area contributed by atoms with Gasteiger partial charge in [-0.25, -0.2) is 39.8 Å². The van der Waals surface area contributed by atoms with E-state index in [2.05, 4.69) is 40.7 Å². The molecule has 2 fully saturated rings. The molecule has 8 amide bonds. The van der Waals surface area contributed by atoms with Gasteiger partial charge < -0.3 is 39.9 Å². The first kappa shape index (κ1) is 48.9. The Morgan fingerprint density at radius 1 is 0.557 bits per heavy atom. The van der Waals surface area contributed by atoms with E-state index in [-0.39, 0.29) is 22.3 Å². The highest BCUT2D eigenvalue weighted by atomic mass is 32.2. The van der Waals surface area contributed by atoms with Crippen molar-refractivity contribution in [3.63, 3.8) is 0 Å². The summed E-state index contributed by atoms with van der Waals surface area (Å²) in [6.07, 6.45) is 6.94. The lowest BCUT2D eigenvalue weighted by Gasteiger charge is -2.28. The number of nitrogens with zero attached hydrogens (tertiary/aromatic N) is 4. The number of carbonyl (C=O) groups excluding carboxylic acids is 6. The summed E-state index contributed by atoms with van der Waals surface area (Å²) in [6.45, 7) is 0.880. The number of imidazole rings is 2. The molecule has 6 N–H and O–H groups in total.